The molecule has 0 aromatic carbocycles. The van der Waals surface area contributed by atoms with Crippen LogP contribution in [0.5, 0.6) is 0 Å². The van der Waals surface area contributed by atoms with Crippen LogP contribution in [0.2, 0.25) is 0 Å². The Hall–Kier alpha value is -0.870. The molecule has 3 unspecified atom stereocenters. The SMILES string of the molecule is CSc1cccc(C(F)(F)F)n1.OCC1OCCC(O)C1O. The number of pyridine rings is 1. The third-order valence-corrected chi connectivity index (χ3v) is 3.57. The molecule has 0 spiro atoms. The molecule has 0 bridgehead atoms. The summed E-state index contributed by atoms with van der Waals surface area (Å²) < 4.78 is 41.0. The summed E-state index contributed by atoms with van der Waals surface area (Å²) in [6.07, 6.45) is -4.50. The minimum absolute atomic E-state index is 0.238. The van der Waals surface area contributed by atoms with Crippen molar-refractivity contribution < 1.29 is 33.2 Å². The van der Waals surface area contributed by atoms with Crippen molar-refractivity contribution in [2.24, 2.45) is 0 Å². The molecule has 1 fully saturated rings. The molecule has 0 amide bonds. The molecular formula is C13H18F3NO4S. The van der Waals surface area contributed by atoms with E-state index in [2.05, 4.69) is 4.98 Å². The zero-order valence-electron chi connectivity index (χ0n) is 11.8. The molecule has 1 aliphatic heterocycles. The summed E-state index contributed by atoms with van der Waals surface area (Å²) in [7, 11) is 0. The quantitative estimate of drug-likeness (QED) is 0.704. The molecule has 126 valence electrons. The number of rotatable bonds is 2. The van der Waals surface area contributed by atoms with Crippen molar-refractivity contribution in [1.82, 2.24) is 4.98 Å². The number of aliphatic hydroxyl groups is 3. The van der Waals surface area contributed by atoms with Crippen LogP contribution in [-0.4, -0.2) is 58.1 Å². The molecule has 0 saturated carbocycles. The molecule has 1 aromatic rings. The van der Waals surface area contributed by atoms with Crippen molar-refractivity contribution >= 4 is 11.8 Å². The highest BCUT2D eigenvalue weighted by Gasteiger charge is 2.32. The van der Waals surface area contributed by atoms with Crippen LogP contribution in [0.15, 0.2) is 23.2 Å². The number of hydrogen-bond donors (Lipinski definition) is 3. The summed E-state index contributed by atoms with van der Waals surface area (Å²) in [4.78, 5) is 3.40. The van der Waals surface area contributed by atoms with E-state index < -0.39 is 30.2 Å². The van der Waals surface area contributed by atoms with Gasteiger partial charge in [0, 0.05) is 6.61 Å². The van der Waals surface area contributed by atoms with Crippen LogP contribution >= 0.6 is 11.8 Å². The molecular weight excluding hydrogens is 323 g/mol. The Bertz CT molecular complexity index is 461. The summed E-state index contributed by atoms with van der Waals surface area (Å²) in [6.45, 7) is 0.168. The zero-order chi connectivity index (χ0) is 16.8. The van der Waals surface area contributed by atoms with Crippen LogP contribution in [-0.2, 0) is 10.9 Å². The first kappa shape index (κ1) is 19.2. The van der Waals surface area contributed by atoms with Crippen molar-refractivity contribution in [2.45, 2.75) is 35.9 Å². The van der Waals surface area contributed by atoms with Gasteiger partial charge in [-0.2, -0.15) is 13.2 Å². The maximum atomic E-state index is 12.0. The second kappa shape index (κ2) is 8.68. The van der Waals surface area contributed by atoms with Crippen LogP contribution in [0, 0.1) is 0 Å². The average molecular weight is 341 g/mol. The Balaban J connectivity index is 0.000000224. The van der Waals surface area contributed by atoms with Crippen molar-refractivity contribution in [1.29, 1.82) is 0 Å². The Kier molecular flexibility index (Phi) is 7.57. The van der Waals surface area contributed by atoms with E-state index in [9.17, 15) is 13.2 Å². The van der Waals surface area contributed by atoms with E-state index in [1.807, 2.05) is 0 Å². The average Bonchev–Trinajstić information content (AvgIpc) is 2.50. The van der Waals surface area contributed by atoms with Gasteiger partial charge in [0.15, 0.2) is 0 Å². The molecule has 2 heterocycles. The maximum Gasteiger partial charge on any atom is 0.433 e. The lowest BCUT2D eigenvalue weighted by Crippen LogP contribution is -2.46. The maximum absolute atomic E-state index is 12.0. The topological polar surface area (TPSA) is 82.8 Å². The number of nitrogens with zero attached hydrogens (tertiary/aromatic N) is 1. The number of thioether (sulfide) groups is 1. The predicted molar refractivity (Wildman–Crippen MR) is 74.5 cm³/mol. The normalized spacial score (nSPS) is 25.3. The van der Waals surface area contributed by atoms with E-state index in [0.717, 1.165) is 6.07 Å². The fraction of sp³-hybridized carbons (Fsp3) is 0.615. The van der Waals surface area contributed by atoms with Gasteiger partial charge in [-0.25, -0.2) is 4.98 Å². The number of alkyl halides is 3. The van der Waals surface area contributed by atoms with Crippen LogP contribution in [0.3, 0.4) is 0 Å². The third kappa shape index (κ3) is 5.73. The van der Waals surface area contributed by atoms with Crippen LogP contribution in [0.1, 0.15) is 12.1 Å². The van der Waals surface area contributed by atoms with E-state index in [-0.39, 0.29) is 6.61 Å². The molecule has 0 aliphatic carbocycles. The van der Waals surface area contributed by atoms with Crippen LogP contribution in [0.25, 0.3) is 0 Å². The van der Waals surface area contributed by atoms with Crippen LogP contribution in [0.4, 0.5) is 13.2 Å². The van der Waals surface area contributed by atoms with E-state index in [1.165, 1.54) is 17.8 Å². The van der Waals surface area contributed by atoms with Gasteiger partial charge >= 0.3 is 6.18 Å². The Labute approximate surface area is 130 Å². The molecule has 0 radical (unpaired) electrons. The lowest BCUT2D eigenvalue weighted by Gasteiger charge is -2.30. The molecule has 1 saturated heterocycles. The smallest absolute Gasteiger partial charge is 0.394 e. The summed E-state index contributed by atoms with van der Waals surface area (Å²) in [5.41, 5.74) is -0.839. The second-order valence-electron chi connectivity index (χ2n) is 4.50. The molecule has 3 N–H and O–H groups in total. The highest BCUT2D eigenvalue weighted by molar-refractivity contribution is 7.98. The number of ether oxygens (including phenoxy) is 1. The van der Waals surface area contributed by atoms with Crippen LogP contribution < -0.4 is 0 Å². The largest absolute Gasteiger partial charge is 0.433 e. The fourth-order valence-corrected chi connectivity index (χ4v) is 2.11. The van der Waals surface area contributed by atoms with Gasteiger partial charge in [-0.3, -0.25) is 0 Å². The standard InChI is InChI=1S/C7H6F3NS.C6H12O4/c1-12-6-4-2-3-5(11-6)7(8,9)10;7-3-5-6(9)4(8)1-2-10-5/h2-4H,1H3;4-9H,1-3H2. The van der Waals surface area contributed by atoms with Gasteiger partial charge in [0.25, 0.3) is 0 Å². The van der Waals surface area contributed by atoms with E-state index >= 15 is 0 Å². The van der Waals surface area contributed by atoms with E-state index in [4.69, 9.17) is 20.1 Å². The first-order valence-corrected chi connectivity index (χ1v) is 7.69. The molecule has 2 rings (SSSR count). The van der Waals surface area contributed by atoms with Gasteiger partial charge in [-0.15, -0.1) is 11.8 Å². The third-order valence-electron chi connectivity index (χ3n) is 2.92. The molecule has 3 atom stereocenters. The number of aromatic nitrogens is 1. The van der Waals surface area contributed by atoms with Gasteiger partial charge in [-0.1, -0.05) is 6.07 Å². The number of hydrogen-bond acceptors (Lipinski definition) is 6. The summed E-state index contributed by atoms with van der Waals surface area (Å²) >= 11 is 1.19. The van der Waals surface area contributed by atoms with E-state index in [1.54, 1.807) is 12.3 Å². The molecule has 1 aliphatic rings. The molecule has 9 heteroatoms. The number of aliphatic hydroxyl groups excluding tert-OH is 3. The Morgan fingerprint density at radius 2 is 2.05 bits per heavy atom. The minimum Gasteiger partial charge on any atom is -0.394 e. The van der Waals surface area contributed by atoms with Crippen molar-refractivity contribution in [3.8, 4) is 0 Å². The first-order chi connectivity index (χ1) is 10.3. The highest BCUT2D eigenvalue weighted by Crippen LogP contribution is 2.28. The summed E-state index contributed by atoms with van der Waals surface area (Å²) in [6, 6.07) is 3.85. The molecule has 5 nitrogen and oxygen atoms in total. The first-order valence-electron chi connectivity index (χ1n) is 6.46. The number of halogens is 3. The van der Waals surface area contributed by atoms with Gasteiger partial charge in [0.05, 0.1) is 17.7 Å². The Morgan fingerprint density at radius 1 is 1.36 bits per heavy atom. The lowest BCUT2D eigenvalue weighted by molar-refractivity contribution is -0.147. The zero-order valence-corrected chi connectivity index (χ0v) is 12.6. The monoisotopic (exact) mass is 341 g/mol. The minimum atomic E-state index is -4.34. The second-order valence-corrected chi connectivity index (χ2v) is 5.33. The van der Waals surface area contributed by atoms with Crippen molar-refractivity contribution in [3.05, 3.63) is 23.9 Å². The highest BCUT2D eigenvalue weighted by atomic mass is 32.2. The summed E-state index contributed by atoms with van der Waals surface area (Å²) in [5, 5.41) is 27.1. The van der Waals surface area contributed by atoms with Gasteiger partial charge < -0.3 is 20.1 Å². The predicted octanol–water partition coefficient (Wildman–Crippen LogP) is 1.31. The molecule has 1 aromatic heterocycles. The fourth-order valence-electron chi connectivity index (χ4n) is 1.70. The Morgan fingerprint density at radius 3 is 2.55 bits per heavy atom. The van der Waals surface area contributed by atoms with Crippen molar-refractivity contribution in [2.75, 3.05) is 19.5 Å². The van der Waals surface area contributed by atoms with Crippen molar-refractivity contribution in [3.63, 3.8) is 0 Å². The molecule has 22 heavy (non-hydrogen) atoms. The summed E-state index contributed by atoms with van der Waals surface area (Å²) in [5.74, 6) is 0. The van der Waals surface area contributed by atoms with E-state index in [0.29, 0.717) is 18.1 Å². The van der Waals surface area contributed by atoms with Gasteiger partial charge in [-0.05, 0) is 24.8 Å². The van der Waals surface area contributed by atoms with Gasteiger partial charge in [0.1, 0.15) is 17.9 Å². The van der Waals surface area contributed by atoms with Gasteiger partial charge in [0.2, 0.25) is 0 Å². The lowest BCUT2D eigenvalue weighted by atomic mass is 10.0.